The van der Waals surface area contributed by atoms with E-state index in [4.69, 9.17) is 4.74 Å². The summed E-state index contributed by atoms with van der Waals surface area (Å²) in [6.07, 6.45) is 2.22. The molecule has 0 aliphatic carbocycles. The minimum Gasteiger partial charge on any atom is -0.383 e. The minimum absolute atomic E-state index is 0.427. The van der Waals surface area contributed by atoms with Crippen molar-refractivity contribution in [3.8, 4) is 0 Å². The zero-order chi connectivity index (χ0) is 12.0. The highest BCUT2D eigenvalue weighted by Crippen LogP contribution is 2.11. The van der Waals surface area contributed by atoms with Crippen molar-refractivity contribution in [1.29, 1.82) is 0 Å². The number of methoxy groups -OCH3 is 1. The van der Waals surface area contributed by atoms with E-state index in [-0.39, 0.29) is 0 Å². The smallest absolute Gasteiger partial charge is 0.0625 e. The summed E-state index contributed by atoms with van der Waals surface area (Å²) in [5, 5.41) is 10.6. The second kappa shape index (κ2) is 6.66. The van der Waals surface area contributed by atoms with E-state index < -0.39 is 0 Å². The minimum atomic E-state index is 0.427. The molecule has 1 heterocycles. The van der Waals surface area contributed by atoms with Gasteiger partial charge in [-0.25, -0.2) is 0 Å². The number of rotatable bonds is 7. The third-order valence-electron chi connectivity index (χ3n) is 2.79. The Hall–Kier alpha value is -0.870. The third-order valence-corrected chi connectivity index (χ3v) is 2.79. The molecule has 0 fully saturated rings. The quantitative estimate of drug-likeness (QED) is 0.693. The zero-order valence-electron chi connectivity index (χ0n) is 10.8. The Morgan fingerprint density at radius 3 is 2.75 bits per heavy atom. The molecular weight excluding hydrogens is 202 g/mol. The molecule has 0 amide bonds. The molecule has 0 spiro atoms. The Morgan fingerprint density at radius 1 is 1.44 bits per heavy atom. The van der Waals surface area contributed by atoms with E-state index in [1.165, 1.54) is 11.3 Å². The number of hydrogen-bond donors (Lipinski definition) is 2. The second-order valence-corrected chi connectivity index (χ2v) is 4.33. The molecule has 1 atom stereocenters. The van der Waals surface area contributed by atoms with Crippen molar-refractivity contribution in [3.05, 3.63) is 17.0 Å². The number of H-pyrrole nitrogens is 1. The summed E-state index contributed by atoms with van der Waals surface area (Å²) in [6, 6.07) is 0.427. The number of hydrogen-bond acceptors (Lipinski definition) is 3. The lowest BCUT2D eigenvalue weighted by Crippen LogP contribution is -2.31. The fraction of sp³-hybridized carbons (Fsp3) is 0.750. The van der Waals surface area contributed by atoms with Gasteiger partial charge in [0.25, 0.3) is 0 Å². The summed E-state index contributed by atoms with van der Waals surface area (Å²) in [6.45, 7) is 8.06. The van der Waals surface area contributed by atoms with Crippen LogP contribution in [0.1, 0.15) is 30.3 Å². The normalized spacial score (nSPS) is 13.0. The fourth-order valence-electron chi connectivity index (χ4n) is 1.86. The Labute approximate surface area is 97.8 Å². The fourth-order valence-corrected chi connectivity index (χ4v) is 1.86. The van der Waals surface area contributed by atoms with Crippen LogP contribution in [0.2, 0.25) is 0 Å². The summed E-state index contributed by atoms with van der Waals surface area (Å²) in [5.41, 5.74) is 3.69. The lowest BCUT2D eigenvalue weighted by molar-refractivity contribution is 0.172. The molecular formula is C12H23N3O. The molecule has 1 rings (SSSR count). The van der Waals surface area contributed by atoms with Gasteiger partial charge in [-0.15, -0.1) is 0 Å². The summed E-state index contributed by atoms with van der Waals surface area (Å²) in [5.74, 6) is 0. The van der Waals surface area contributed by atoms with Crippen LogP contribution in [-0.4, -0.2) is 36.5 Å². The Morgan fingerprint density at radius 2 is 2.19 bits per heavy atom. The first-order valence-corrected chi connectivity index (χ1v) is 5.88. The SMILES string of the molecule is COCC(C)NCCCc1c(C)n[nH]c1C. The van der Waals surface area contributed by atoms with E-state index in [1.54, 1.807) is 7.11 Å². The molecule has 92 valence electrons. The van der Waals surface area contributed by atoms with Crippen LogP contribution in [-0.2, 0) is 11.2 Å². The van der Waals surface area contributed by atoms with Gasteiger partial charge in [0.15, 0.2) is 0 Å². The molecule has 1 unspecified atom stereocenters. The van der Waals surface area contributed by atoms with Crippen LogP contribution in [0, 0.1) is 13.8 Å². The highest BCUT2D eigenvalue weighted by atomic mass is 16.5. The number of aryl methyl sites for hydroxylation is 2. The molecule has 0 saturated heterocycles. The van der Waals surface area contributed by atoms with Crippen LogP contribution in [0.5, 0.6) is 0 Å². The summed E-state index contributed by atoms with van der Waals surface area (Å²) < 4.78 is 5.07. The molecule has 1 aromatic rings. The molecule has 0 aliphatic rings. The summed E-state index contributed by atoms with van der Waals surface area (Å²) in [7, 11) is 1.73. The number of ether oxygens (including phenoxy) is 1. The van der Waals surface area contributed by atoms with Crippen LogP contribution < -0.4 is 5.32 Å². The van der Waals surface area contributed by atoms with E-state index >= 15 is 0 Å². The molecule has 0 bridgehead atoms. The van der Waals surface area contributed by atoms with Crippen LogP contribution in [0.3, 0.4) is 0 Å². The van der Waals surface area contributed by atoms with Crippen LogP contribution in [0.25, 0.3) is 0 Å². The third kappa shape index (κ3) is 3.94. The van der Waals surface area contributed by atoms with Crippen LogP contribution in [0.15, 0.2) is 0 Å². The molecule has 4 heteroatoms. The summed E-state index contributed by atoms with van der Waals surface area (Å²) >= 11 is 0. The lowest BCUT2D eigenvalue weighted by atomic mass is 10.1. The first-order valence-electron chi connectivity index (χ1n) is 5.88. The van der Waals surface area contributed by atoms with Gasteiger partial charge in [0, 0.05) is 18.8 Å². The molecule has 16 heavy (non-hydrogen) atoms. The monoisotopic (exact) mass is 225 g/mol. The van der Waals surface area contributed by atoms with Crippen molar-refractivity contribution >= 4 is 0 Å². The average Bonchev–Trinajstić information content (AvgIpc) is 2.55. The number of nitrogens with zero attached hydrogens (tertiary/aromatic N) is 1. The van der Waals surface area contributed by atoms with E-state index in [1.807, 2.05) is 0 Å². The number of aromatic nitrogens is 2. The maximum Gasteiger partial charge on any atom is 0.0625 e. The zero-order valence-corrected chi connectivity index (χ0v) is 10.8. The van der Waals surface area contributed by atoms with Gasteiger partial charge in [0.1, 0.15) is 0 Å². The highest BCUT2D eigenvalue weighted by molar-refractivity contribution is 5.23. The van der Waals surface area contributed by atoms with Gasteiger partial charge in [-0.1, -0.05) is 0 Å². The number of aromatic amines is 1. The molecule has 0 aliphatic heterocycles. The first-order chi connectivity index (χ1) is 7.65. The second-order valence-electron chi connectivity index (χ2n) is 4.33. The molecule has 0 radical (unpaired) electrons. The van der Waals surface area contributed by atoms with Gasteiger partial charge < -0.3 is 10.1 Å². The lowest BCUT2D eigenvalue weighted by Gasteiger charge is -2.12. The number of nitrogens with one attached hydrogen (secondary N) is 2. The van der Waals surface area contributed by atoms with Crippen molar-refractivity contribution in [2.45, 2.75) is 39.7 Å². The maximum atomic E-state index is 5.07. The molecule has 0 aromatic carbocycles. The average molecular weight is 225 g/mol. The van der Waals surface area contributed by atoms with Crippen LogP contribution in [0.4, 0.5) is 0 Å². The Bertz CT molecular complexity index is 290. The Kier molecular flexibility index (Phi) is 5.49. The van der Waals surface area contributed by atoms with Crippen molar-refractivity contribution in [2.75, 3.05) is 20.3 Å². The summed E-state index contributed by atoms with van der Waals surface area (Å²) in [4.78, 5) is 0. The van der Waals surface area contributed by atoms with Gasteiger partial charge in [0.2, 0.25) is 0 Å². The molecule has 4 nitrogen and oxygen atoms in total. The Balaban J connectivity index is 2.21. The molecule has 0 saturated carbocycles. The predicted octanol–water partition coefficient (Wildman–Crippen LogP) is 1.58. The first kappa shape index (κ1) is 13.2. The van der Waals surface area contributed by atoms with Crippen molar-refractivity contribution < 1.29 is 4.74 Å². The van der Waals surface area contributed by atoms with Crippen molar-refractivity contribution in [2.24, 2.45) is 0 Å². The van der Waals surface area contributed by atoms with Gasteiger partial charge in [-0.05, 0) is 45.7 Å². The largest absolute Gasteiger partial charge is 0.383 e. The molecule has 1 aromatic heterocycles. The van der Waals surface area contributed by atoms with Gasteiger partial charge >= 0.3 is 0 Å². The van der Waals surface area contributed by atoms with E-state index in [2.05, 4.69) is 36.3 Å². The van der Waals surface area contributed by atoms with Crippen LogP contribution >= 0.6 is 0 Å². The van der Waals surface area contributed by atoms with Gasteiger partial charge in [-0.3, -0.25) is 5.10 Å². The maximum absolute atomic E-state index is 5.07. The highest BCUT2D eigenvalue weighted by Gasteiger charge is 2.06. The van der Waals surface area contributed by atoms with E-state index in [0.29, 0.717) is 6.04 Å². The standard InChI is InChI=1S/C12H23N3O/c1-9(8-16-4)13-7-5-6-12-10(2)14-15-11(12)3/h9,13H,5-8H2,1-4H3,(H,14,15). The van der Waals surface area contributed by atoms with Crippen molar-refractivity contribution in [1.82, 2.24) is 15.5 Å². The molecule has 2 N–H and O–H groups in total. The van der Waals surface area contributed by atoms with E-state index in [9.17, 15) is 0 Å². The van der Waals surface area contributed by atoms with Crippen molar-refractivity contribution in [3.63, 3.8) is 0 Å². The predicted molar refractivity (Wildman–Crippen MR) is 65.7 cm³/mol. The van der Waals surface area contributed by atoms with Gasteiger partial charge in [-0.2, -0.15) is 5.10 Å². The van der Waals surface area contributed by atoms with Gasteiger partial charge in [0.05, 0.1) is 12.3 Å². The topological polar surface area (TPSA) is 49.9 Å². The van der Waals surface area contributed by atoms with E-state index in [0.717, 1.165) is 31.7 Å².